The molecule has 0 aliphatic rings. The van der Waals surface area contributed by atoms with Gasteiger partial charge in [0, 0.05) is 5.39 Å². The van der Waals surface area contributed by atoms with Crippen LogP contribution in [0.5, 0.6) is 5.75 Å². The van der Waals surface area contributed by atoms with Crippen molar-refractivity contribution in [1.29, 1.82) is 0 Å². The van der Waals surface area contributed by atoms with E-state index in [9.17, 15) is 4.39 Å². The predicted molar refractivity (Wildman–Crippen MR) is 80.2 cm³/mol. The maximum absolute atomic E-state index is 13.4. The van der Waals surface area contributed by atoms with Gasteiger partial charge in [0.15, 0.2) is 17.1 Å². The van der Waals surface area contributed by atoms with Crippen molar-refractivity contribution in [2.75, 3.05) is 7.11 Å². The Labute approximate surface area is 126 Å². The molecule has 0 amide bonds. The predicted octanol–water partition coefficient (Wildman–Crippen LogP) is 4.28. The van der Waals surface area contributed by atoms with Crippen LogP contribution < -0.4 is 10.5 Å². The molecule has 0 spiro atoms. The van der Waals surface area contributed by atoms with Crippen LogP contribution in [0.15, 0.2) is 46.9 Å². The molecule has 3 aromatic rings. The summed E-state index contributed by atoms with van der Waals surface area (Å²) in [5.41, 5.74) is 7.48. The Kier molecular flexibility index (Phi) is 3.57. The Morgan fingerprint density at radius 2 is 2.05 bits per heavy atom. The van der Waals surface area contributed by atoms with Gasteiger partial charge >= 0.3 is 0 Å². The highest BCUT2D eigenvalue weighted by molar-refractivity contribution is 6.34. The fourth-order valence-electron chi connectivity index (χ4n) is 2.23. The van der Waals surface area contributed by atoms with Crippen LogP contribution in [0.3, 0.4) is 0 Å². The van der Waals surface area contributed by atoms with Gasteiger partial charge in [-0.2, -0.15) is 0 Å². The summed E-state index contributed by atoms with van der Waals surface area (Å²) < 4.78 is 24.1. The van der Waals surface area contributed by atoms with Gasteiger partial charge in [-0.15, -0.1) is 0 Å². The first-order valence-corrected chi connectivity index (χ1v) is 6.75. The Morgan fingerprint density at radius 3 is 2.76 bits per heavy atom. The number of nitrogens with two attached hydrogens (primary N) is 1. The second-order valence-electron chi connectivity index (χ2n) is 4.68. The number of rotatable bonds is 3. The van der Waals surface area contributed by atoms with Crippen molar-refractivity contribution >= 4 is 22.6 Å². The maximum Gasteiger partial charge on any atom is 0.165 e. The lowest BCUT2D eigenvalue weighted by Gasteiger charge is -2.11. The number of methoxy groups -OCH3 is 1. The minimum Gasteiger partial charge on any atom is -0.494 e. The fourth-order valence-corrected chi connectivity index (χ4v) is 2.46. The molecule has 1 aromatic heterocycles. The van der Waals surface area contributed by atoms with Crippen LogP contribution in [0.2, 0.25) is 5.02 Å². The van der Waals surface area contributed by atoms with E-state index in [1.54, 1.807) is 18.2 Å². The molecular formula is C16H13ClFNO2. The molecule has 2 N–H and O–H groups in total. The zero-order valence-corrected chi connectivity index (χ0v) is 12.0. The first-order chi connectivity index (χ1) is 10.1. The summed E-state index contributed by atoms with van der Waals surface area (Å²) in [4.78, 5) is 0. The molecule has 3 nitrogen and oxygen atoms in total. The van der Waals surface area contributed by atoms with E-state index < -0.39 is 11.9 Å². The maximum atomic E-state index is 13.4. The number of para-hydroxylation sites is 1. The monoisotopic (exact) mass is 305 g/mol. The summed E-state index contributed by atoms with van der Waals surface area (Å²) >= 11 is 6.09. The molecule has 3 rings (SSSR count). The number of hydrogen-bond acceptors (Lipinski definition) is 3. The smallest absolute Gasteiger partial charge is 0.165 e. The SMILES string of the molecule is COc1cc(C(N)c2cc3cccc(Cl)c3o2)ccc1F. The van der Waals surface area contributed by atoms with Gasteiger partial charge in [-0.25, -0.2) is 4.39 Å². The molecule has 2 aromatic carbocycles. The molecule has 21 heavy (non-hydrogen) atoms. The third kappa shape index (κ3) is 2.48. The summed E-state index contributed by atoms with van der Waals surface area (Å²) in [7, 11) is 1.41. The molecular weight excluding hydrogens is 293 g/mol. The summed E-state index contributed by atoms with van der Waals surface area (Å²) in [6, 6.07) is 11.3. The van der Waals surface area contributed by atoms with Crippen molar-refractivity contribution < 1.29 is 13.5 Å². The third-order valence-corrected chi connectivity index (χ3v) is 3.65. The Balaban J connectivity index is 2.03. The molecule has 108 valence electrons. The molecule has 0 fully saturated rings. The largest absolute Gasteiger partial charge is 0.494 e. The molecule has 5 heteroatoms. The first kappa shape index (κ1) is 13.9. The lowest BCUT2D eigenvalue weighted by atomic mass is 10.0. The zero-order valence-electron chi connectivity index (χ0n) is 11.3. The number of furan rings is 1. The highest BCUT2D eigenvalue weighted by atomic mass is 35.5. The standard InChI is InChI=1S/C16H13ClFNO2/c1-20-13-7-9(5-6-12(13)18)15(19)14-8-10-3-2-4-11(17)16(10)21-14/h2-8,15H,19H2,1H3. The number of benzene rings is 2. The molecule has 0 bridgehead atoms. The van der Waals surface area contributed by atoms with Crippen molar-refractivity contribution in [3.05, 3.63) is 64.6 Å². The van der Waals surface area contributed by atoms with Crippen LogP contribution >= 0.6 is 11.6 Å². The van der Waals surface area contributed by atoms with E-state index in [1.807, 2.05) is 18.2 Å². The molecule has 0 aliphatic heterocycles. The average molecular weight is 306 g/mol. The van der Waals surface area contributed by atoms with Gasteiger partial charge in [-0.05, 0) is 29.8 Å². The van der Waals surface area contributed by atoms with Gasteiger partial charge in [-0.1, -0.05) is 29.8 Å². The van der Waals surface area contributed by atoms with E-state index in [1.165, 1.54) is 13.2 Å². The van der Waals surface area contributed by atoms with Gasteiger partial charge in [0.25, 0.3) is 0 Å². The lowest BCUT2D eigenvalue weighted by molar-refractivity contribution is 0.385. The van der Waals surface area contributed by atoms with Crippen molar-refractivity contribution in [2.24, 2.45) is 5.73 Å². The number of ether oxygens (including phenoxy) is 1. The van der Waals surface area contributed by atoms with Crippen LogP contribution in [0.1, 0.15) is 17.4 Å². The zero-order chi connectivity index (χ0) is 15.0. The number of hydrogen-bond donors (Lipinski definition) is 1. The molecule has 0 aliphatic carbocycles. The summed E-state index contributed by atoms with van der Waals surface area (Å²) in [6.45, 7) is 0. The van der Waals surface area contributed by atoms with Crippen molar-refractivity contribution in [1.82, 2.24) is 0 Å². The third-order valence-electron chi connectivity index (χ3n) is 3.36. The van der Waals surface area contributed by atoms with Gasteiger partial charge in [-0.3, -0.25) is 0 Å². The number of fused-ring (bicyclic) bond motifs is 1. The van der Waals surface area contributed by atoms with Crippen LogP contribution in [0.4, 0.5) is 4.39 Å². The summed E-state index contributed by atoms with van der Waals surface area (Å²) in [5.74, 6) is 0.282. The quantitative estimate of drug-likeness (QED) is 0.785. The topological polar surface area (TPSA) is 48.4 Å². The molecule has 0 saturated heterocycles. The normalized spacial score (nSPS) is 12.6. The van der Waals surface area contributed by atoms with Gasteiger partial charge < -0.3 is 14.9 Å². The molecule has 1 heterocycles. The van der Waals surface area contributed by atoms with Gasteiger partial charge in [0.05, 0.1) is 18.2 Å². The Bertz CT molecular complexity index is 800. The Hall–Kier alpha value is -2.04. The summed E-state index contributed by atoms with van der Waals surface area (Å²) in [6.07, 6.45) is 0. The minimum atomic E-state index is -0.525. The average Bonchev–Trinajstić information content (AvgIpc) is 2.92. The van der Waals surface area contributed by atoms with Gasteiger partial charge in [0.2, 0.25) is 0 Å². The molecule has 1 unspecified atom stereocenters. The first-order valence-electron chi connectivity index (χ1n) is 6.37. The molecule has 0 saturated carbocycles. The van der Waals surface area contributed by atoms with Crippen molar-refractivity contribution in [3.63, 3.8) is 0 Å². The van der Waals surface area contributed by atoms with Crippen LogP contribution in [0.25, 0.3) is 11.0 Å². The van der Waals surface area contributed by atoms with Crippen molar-refractivity contribution in [2.45, 2.75) is 6.04 Å². The minimum absolute atomic E-state index is 0.150. The van der Waals surface area contributed by atoms with Gasteiger partial charge in [0.1, 0.15) is 5.76 Å². The molecule has 0 radical (unpaired) electrons. The van der Waals surface area contributed by atoms with E-state index >= 15 is 0 Å². The fraction of sp³-hybridized carbons (Fsp3) is 0.125. The van der Waals surface area contributed by atoms with E-state index in [-0.39, 0.29) is 5.75 Å². The van der Waals surface area contributed by atoms with E-state index in [0.717, 1.165) is 5.39 Å². The summed E-state index contributed by atoms with van der Waals surface area (Å²) in [5, 5.41) is 1.41. The van der Waals surface area contributed by atoms with Crippen molar-refractivity contribution in [3.8, 4) is 5.75 Å². The van der Waals surface area contributed by atoms with E-state index in [2.05, 4.69) is 0 Å². The highest BCUT2D eigenvalue weighted by Gasteiger charge is 2.17. The second kappa shape index (κ2) is 5.39. The lowest BCUT2D eigenvalue weighted by Crippen LogP contribution is -2.11. The van der Waals surface area contributed by atoms with Crippen LogP contribution in [-0.2, 0) is 0 Å². The second-order valence-corrected chi connectivity index (χ2v) is 5.09. The Morgan fingerprint density at radius 1 is 1.24 bits per heavy atom. The molecule has 1 atom stereocenters. The highest BCUT2D eigenvalue weighted by Crippen LogP contribution is 2.32. The van der Waals surface area contributed by atoms with E-state index in [4.69, 9.17) is 26.5 Å². The van der Waals surface area contributed by atoms with E-state index in [0.29, 0.717) is 21.9 Å². The van der Waals surface area contributed by atoms with Crippen LogP contribution in [-0.4, -0.2) is 7.11 Å². The van der Waals surface area contributed by atoms with Crippen LogP contribution in [0, 0.1) is 5.82 Å². The number of halogens is 2.